The Balaban J connectivity index is 2.28. The number of hydrogen-bond acceptors (Lipinski definition) is 2. The molecule has 0 saturated carbocycles. The summed E-state index contributed by atoms with van der Waals surface area (Å²) in [6.07, 6.45) is 0. The quantitative estimate of drug-likeness (QED) is 0.865. The van der Waals surface area contributed by atoms with E-state index in [9.17, 15) is 4.79 Å². The van der Waals surface area contributed by atoms with E-state index in [4.69, 9.17) is 5.11 Å². The van der Waals surface area contributed by atoms with E-state index in [0.717, 1.165) is 16.5 Å². The van der Waals surface area contributed by atoms with Crippen molar-refractivity contribution in [3.63, 3.8) is 0 Å². The van der Waals surface area contributed by atoms with Crippen molar-refractivity contribution in [1.29, 1.82) is 0 Å². The van der Waals surface area contributed by atoms with Crippen LogP contribution in [0.2, 0.25) is 0 Å². The summed E-state index contributed by atoms with van der Waals surface area (Å²) in [5.74, 6) is -0.785. The maximum absolute atomic E-state index is 11.1. The monoisotopic (exact) mass is 243 g/mol. The summed E-state index contributed by atoms with van der Waals surface area (Å²) in [6, 6.07) is 13.4. The van der Waals surface area contributed by atoms with Crippen LogP contribution in [0, 0.1) is 5.92 Å². The third-order valence-corrected chi connectivity index (χ3v) is 3.00. The van der Waals surface area contributed by atoms with Crippen LogP contribution in [-0.2, 0) is 4.79 Å². The van der Waals surface area contributed by atoms with Gasteiger partial charge in [0.05, 0.1) is 0 Å². The van der Waals surface area contributed by atoms with Gasteiger partial charge in [0.15, 0.2) is 0 Å². The van der Waals surface area contributed by atoms with Crippen molar-refractivity contribution in [1.82, 2.24) is 0 Å². The van der Waals surface area contributed by atoms with E-state index in [-0.39, 0.29) is 5.92 Å². The molecule has 2 rings (SSSR count). The van der Waals surface area contributed by atoms with Gasteiger partial charge >= 0.3 is 5.97 Å². The highest BCUT2D eigenvalue weighted by atomic mass is 16.4. The van der Waals surface area contributed by atoms with Crippen LogP contribution in [0.25, 0.3) is 10.8 Å². The number of aliphatic carboxylic acids is 1. The summed E-state index contributed by atoms with van der Waals surface area (Å²) in [4.78, 5) is 11.1. The molecule has 2 aromatic rings. The van der Waals surface area contributed by atoms with E-state index < -0.39 is 12.0 Å². The Morgan fingerprint density at radius 2 is 1.78 bits per heavy atom. The fourth-order valence-electron chi connectivity index (χ4n) is 1.97. The molecule has 0 aliphatic rings. The van der Waals surface area contributed by atoms with Gasteiger partial charge in [0.25, 0.3) is 0 Å². The maximum Gasteiger partial charge on any atom is 0.326 e. The number of anilines is 1. The molecule has 0 fully saturated rings. The van der Waals surface area contributed by atoms with Gasteiger partial charge in [0, 0.05) is 5.69 Å². The lowest BCUT2D eigenvalue weighted by atomic mass is 10.0. The number of carboxylic acid groups (broad SMARTS) is 1. The van der Waals surface area contributed by atoms with Gasteiger partial charge in [0.1, 0.15) is 6.04 Å². The van der Waals surface area contributed by atoms with Crippen molar-refractivity contribution >= 4 is 22.4 Å². The van der Waals surface area contributed by atoms with Gasteiger partial charge in [-0.3, -0.25) is 0 Å². The first-order valence-electron chi connectivity index (χ1n) is 6.06. The lowest BCUT2D eigenvalue weighted by Crippen LogP contribution is -2.34. The number of hydrogen-bond donors (Lipinski definition) is 2. The van der Waals surface area contributed by atoms with Gasteiger partial charge in [0.2, 0.25) is 0 Å². The van der Waals surface area contributed by atoms with E-state index in [1.165, 1.54) is 0 Å². The van der Waals surface area contributed by atoms with Crippen molar-refractivity contribution in [2.75, 3.05) is 5.32 Å². The van der Waals surface area contributed by atoms with Crippen LogP contribution in [0.3, 0.4) is 0 Å². The van der Waals surface area contributed by atoms with E-state index in [1.807, 2.05) is 56.3 Å². The molecular weight excluding hydrogens is 226 g/mol. The Labute approximate surface area is 106 Å². The first-order valence-corrected chi connectivity index (χ1v) is 6.06. The van der Waals surface area contributed by atoms with Gasteiger partial charge in [-0.15, -0.1) is 0 Å². The molecule has 0 amide bonds. The number of fused-ring (bicyclic) bond motifs is 1. The molecular formula is C15H17NO2. The molecule has 0 bridgehead atoms. The Hall–Kier alpha value is -2.03. The molecule has 0 radical (unpaired) electrons. The third-order valence-electron chi connectivity index (χ3n) is 3.00. The summed E-state index contributed by atoms with van der Waals surface area (Å²) in [5, 5.41) is 14.5. The predicted molar refractivity (Wildman–Crippen MR) is 73.8 cm³/mol. The van der Waals surface area contributed by atoms with Crippen LogP contribution >= 0.6 is 0 Å². The number of rotatable bonds is 4. The Morgan fingerprint density at radius 3 is 2.39 bits per heavy atom. The van der Waals surface area contributed by atoms with Crippen LogP contribution in [0.1, 0.15) is 13.8 Å². The second-order valence-corrected chi connectivity index (χ2v) is 4.77. The average molecular weight is 243 g/mol. The highest BCUT2D eigenvalue weighted by molar-refractivity contribution is 5.86. The third kappa shape index (κ3) is 2.62. The minimum atomic E-state index is -0.821. The average Bonchev–Trinajstić information content (AvgIpc) is 2.35. The predicted octanol–water partition coefficient (Wildman–Crippen LogP) is 3.36. The molecule has 3 heteroatoms. The van der Waals surface area contributed by atoms with Gasteiger partial charge in [-0.25, -0.2) is 4.79 Å². The second-order valence-electron chi connectivity index (χ2n) is 4.77. The zero-order chi connectivity index (χ0) is 13.1. The smallest absolute Gasteiger partial charge is 0.326 e. The van der Waals surface area contributed by atoms with Gasteiger partial charge < -0.3 is 10.4 Å². The topological polar surface area (TPSA) is 49.3 Å². The number of carbonyl (C=O) groups is 1. The van der Waals surface area contributed by atoms with Crippen LogP contribution in [0.15, 0.2) is 42.5 Å². The number of nitrogens with one attached hydrogen (secondary N) is 1. The van der Waals surface area contributed by atoms with Crippen LogP contribution in [0.5, 0.6) is 0 Å². The molecule has 94 valence electrons. The molecule has 2 aromatic carbocycles. The molecule has 0 aliphatic carbocycles. The Kier molecular flexibility index (Phi) is 3.51. The molecule has 0 spiro atoms. The first kappa shape index (κ1) is 12.4. The minimum absolute atomic E-state index is 0.0361. The number of carboxylic acids is 1. The van der Waals surface area contributed by atoms with Crippen LogP contribution < -0.4 is 5.32 Å². The molecule has 2 N–H and O–H groups in total. The molecule has 0 aliphatic heterocycles. The summed E-state index contributed by atoms with van der Waals surface area (Å²) in [5.41, 5.74) is 0.842. The lowest BCUT2D eigenvalue weighted by molar-refractivity contribution is -0.138. The summed E-state index contributed by atoms with van der Waals surface area (Å²) in [6.45, 7) is 3.79. The van der Waals surface area contributed by atoms with Crippen molar-refractivity contribution in [2.45, 2.75) is 19.9 Å². The summed E-state index contributed by atoms with van der Waals surface area (Å²) in [7, 11) is 0. The van der Waals surface area contributed by atoms with Gasteiger partial charge in [-0.05, 0) is 28.8 Å². The van der Waals surface area contributed by atoms with Crippen molar-refractivity contribution in [3.05, 3.63) is 42.5 Å². The van der Waals surface area contributed by atoms with E-state index >= 15 is 0 Å². The Morgan fingerprint density at radius 1 is 1.11 bits per heavy atom. The molecule has 18 heavy (non-hydrogen) atoms. The normalized spacial score (nSPS) is 12.6. The summed E-state index contributed by atoms with van der Waals surface area (Å²) >= 11 is 0. The Bertz CT molecular complexity index is 563. The van der Waals surface area contributed by atoms with E-state index in [1.54, 1.807) is 0 Å². The summed E-state index contributed by atoms with van der Waals surface area (Å²) < 4.78 is 0. The van der Waals surface area contributed by atoms with E-state index in [2.05, 4.69) is 5.32 Å². The van der Waals surface area contributed by atoms with Crippen molar-refractivity contribution < 1.29 is 9.90 Å². The molecule has 3 nitrogen and oxygen atoms in total. The number of benzene rings is 2. The van der Waals surface area contributed by atoms with Crippen LogP contribution in [0.4, 0.5) is 5.69 Å². The molecule has 0 saturated heterocycles. The fraction of sp³-hybridized carbons (Fsp3) is 0.267. The molecule has 0 heterocycles. The molecule has 1 unspecified atom stereocenters. The zero-order valence-electron chi connectivity index (χ0n) is 10.6. The fourth-order valence-corrected chi connectivity index (χ4v) is 1.97. The van der Waals surface area contributed by atoms with Gasteiger partial charge in [-0.2, -0.15) is 0 Å². The van der Waals surface area contributed by atoms with E-state index in [0.29, 0.717) is 0 Å². The molecule has 1 atom stereocenters. The standard InChI is InChI=1S/C15H17NO2/c1-10(2)14(15(17)18)16-13-8-7-11-5-3-4-6-12(11)9-13/h3-10,14,16H,1-2H3,(H,17,18). The highest BCUT2D eigenvalue weighted by Crippen LogP contribution is 2.20. The second kappa shape index (κ2) is 5.08. The lowest BCUT2D eigenvalue weighted by Gasteiger charge is -2.19. The minimum Gasteiger partial charge on any atom is -0.480 e. The van der Waals surface area contributed by atoms with Crippen LogP contribution in [-0.4, -0.2) is 17.1 Å². The SMILES string of the molecule is CC(C)C(Nc1ccc2ccccc2c1)C(=O)O. The van der Waals surface area contributed by atoms with Crippen molar-refractivity contribution in [2.24, 2.45) is 5.92 Å². The maximum atomic E-state index is 11.1. The van der Waals surface area contributed by atoms with Crippen molar-refractivity contribution in [3.8, 4) is 0 Å². The highest BCUT2D eigenvalue weighted by Gasteiger charge is 2.20. The van der Waals surface area contributed by atoms with Gasteiger partial charge in [-0.1, -0.05) is 44.2 Å². The molecule has 0 aromatic heterocycles. The largest absolute Gasteiger partial charge is 0.480 e. The zero-order valence-corrected chi connectivity index (χ0v) is 10.6. The first-order chi connectivity index (χ1) is 8.58.